The van der Waals surface area contributed by atoms with Gasteiger partial charge in [-0.2, -0.15) is 0 Å². The summed E-state index contributed by atoms with van der Waals surface area (Å²) in [6.45, 7) is 3.20. The highest BCUT2D eigenvalue weighted by atomic mass is 16.5. The van der Waals surface area contributed by atoms with Gasteiger partial charge in [-0.25, -0.2) is 4.79 Å². The first-order valence-corrected chi connectivity index (χ1v) is 10.5. The normalized spacial score (nSPS) is 22.6. The molecular formula is C23H24N4O4. The zero-order chi connectivity index (χ0) is 21.4. The van der Waals surface area contributed by atoms with Gasteiger partial charge < -0.3 is 20.3 Å². The number of anilines is 2. The monoisotopic (exact) mass is 420 g/mol. The van der Waals surface area contributed by atoms with Gasteiger partial charge in [0.15, 0.2) is 0 Å². The number of hydrogen-bond donors (Lipinski definition) is 3. The van der Waals surface area contributed by atoms with Gasteiger partial charge in [-0.1, -0.05) is 6.07 Å². The maximum absolute atomic E-state index is 12.8. The van der Waals surface area contributed by atoms with E-state index >= 15 is 0 Å². The fourth-order valence-electron chi connectivity index (χ4n) is 4.54. The number of amides is 4. The summed E-state index contributed by atoms with van der Waals surface area (Å²) in [7, 11) is 0. The third-order valence-electron chi connectivity index (χ3n) is 6.30. The lowest BCUT2D eigenvalue weighted by atomic mass is 9.77. The van der Waals surface area contributed by atoms with Crippen molar-refractivity contribution in [3.8, 4) is 0 Å². The number of nitrogens with one attached hydrogen (secondary N) is 3. The van der Waals surface area contributed by atoms with Gasteiger partial charge in [0, 0.05) is 36.4 Å². The van der Waals surface area contributed by atoms with Gasteiger partial charge in [0.1, 0.15) is 5.54 Å². The minimum atomic E-state index is -0.865. The van der Waals surface area contributed by atoms with E-state index in [9.17, 15) is 14.4 Å². The molecule has 0 bridgehead atoms. The van der Waals surface area contributed by atoms with E-state index in [1.165, 1.54) is 0 Å². The van der Waals surface area contributed by atoms with Crippen molar-refractivity contribution in [2.45, 2.75) is 24.8 Å². The molecule has 0 radical (unpaired) electrons. The number of carbonyl (C=O) groups excluding carboxylic acids is 3. The van der Waals surface area contributed by atoms with Crippen LogP contribution < -0.4 is 20.9 Å². The largest absolute Gasteiger partial charge is 0.378 e. The fraction of sp³-hybridized carbons (Fsp3) is 0.348. The van der Waals surface area contributed by atoms with Crippen LogP contribution in [0.3, 0.4) is 0 Å². The second-order valence-electron chi connectivity index (χ2n) is 8.25. The first-order valence-electron chi connectivity index (χ1n) is 10.5. The van der Waals surface area contributed by atoms with Crippen LogP contribution in [0.2, 0.25) is 0 Å². The molecule has 0 aromatic heterocycles. The molecule has 1 unspecified atom stereocenters. The number of rotatable bonds is 3. The molecule has 4 amide bonds. The number of ether oxygens (including phenoxy) is 1. The summed E-state index contributed by atoms with van der Waals surface area (Å²) in [6, 6.07) is 12.9. The van der Waals surface area contributed by atoms with Gasteiger partial charge in [-0.15, -0.1) is 0 Å². The Bertz CT molecular complexity index is 1050. The van der Waals surface area contributed by atoms with Crippen LogP contribution in [0.15, 0.2) is 42.5 Å². The fourth-order valence-corrected chi connectivity index (χ4v) is 4.54. The standard InChI is InChI=1S/C23H24N4O4/c28-20(24-18-3-5-19(6-4-18)27-9-11-31-12-10-27)16-1-2-17-14-23(8-7-15(17)13-16)21(29)25-22(30)26-23/h1-6,13H,7-12,14H2,(H,24,28)(H2,25,26,29,30). The van der Waals surface area contributed by atoms with Crippen molar-refractivity contribution < 1.29 is 19.1 Å². The Hall–Kier alpha value is -3.39. The molecule has 31 heavy (non-hydrogen) atoms. The molecule has 1 spiro atoms. The predicted molar refractivity (Wildman–Crippen MR) is 115 cm³/mol. The highest BCUT2D eigenvalue weighted by Crippen LogP contribution is 2.31. The average Bonchev–Trinajstić information content (AvgIpc) is 3.06. The Morgan fingerprint density at radius 2 is 1.81 bits per heavy atom. The second-order valence-corrected chi connectivity index (χ2v) is 8.25. The molecule has 8 heteroatoms. The third-order valence-corrected chi connectivity index (χ3v) is 6.30. The van der Waals surface area contributed by atoms with Gasteiger partial charge in [-0.3, -0.25) is 14.9 Å². The maximum atomic E-state index is 12.8. The lowest BCUT2D eigenvalue weighted by Gasteiger charge is -2.32. The summed E-state index contributed by atoms with van der Waals surface area (Å²) in [5.41, 5.74) is 3.59. The van der Waals surface area contributed by atoms with E-state index in [4.69, 9.17) is 4.74 Å². The molecule has 2 heterocycles. The smallest absolute Gasteiger partial charge is 0.322 e. The summed E-state index contributed by atoms with van der Waals surface area (Å²) in [5, 5.41) is 8.05. The van der Waals surface area contributed by atoms with Crippen molar-refractivity contribution in [1.29, 1.82) is 0 Å². The minimum absolute atomic E-state index is 0.172. The molecule has 2 saturated heterocycles. The lowest BCUT2D eigenvalue weighted by molar-refractivity contribution is -0.124. The molecule has 3 N–H and O–H groups in total. The van der Waals surface area contributed by atoms with Gasteiger partial charge in [0.25, 0.3) is 11.8 Å². The molecule has 1 aliphatic carbocycles. The molecule has 5 rings (SSSR count). The second kappa shape index (κ2) is 7.70. The van der Waals surface area contributed by atoms with Crippen LogP contribution in [0.25, 0.3) is 0 Å². The summed E-state index contributed by atoms with van der Waals surface area (Å²) >= 11 is 0. The van der Waals surface area contributed by atoms with Crippen LogP contribution in [0, 0.1) is 0 Å². The molecule has 2 aromatic rings. The Morgan fingerprint density at radius 3 is 2.52 bits per heavy atom. The van der Waals surface area contributed by atoms with Gasteiger partial charge in [0.05, 0.1) is 13.2 Å². The van der Waals surface area contributed by atoms with Gasteiger partial charge in [-0.05, 0) is 60.4 Å². The van der Waals surface area contributed by atoms with Crippen LogP contribution in [-0.2, 0) is 22.4 Å². The highest BCUT2D eigenvalue weighted by molar-refractivity contribution is 6.07. The number of aryl methyl sites for hydroxylation is 1. The Kier molecular flexibility index (Phi) is 4.86. The molecule has 1 atom stereocenters. The summed E-state index contributed by atoms with van der Waals surface area (Å²) < 4.78 is 5.39. The number of carbonyl (C=O) groups is 3. The van der Waals surface area contributed by atoms with Crippen molar-refractivity contribution in [1.82, 2.24) is 10.6 Å². The number of morpholine rings is 1. The van der Waals surface area contributed by atoms with Crippen molar-refractivity contribution in [2.75, 3.05) is 36.5 Å². The zero-order valence-corrected chi connectivity index (χ0v) is 17.1. The summed E-state index contributed by atoms with van der Waals surface area (Å²) in [4.78, 5) is 38.8. The van der Waals surface area contributed by atoms with Crippen LogP contribution in [-0.4, -0.2) is 49.7 Å². The molecule has 160 valence electrons. The first-order chi connectivity index (χ1) is 15.0. The average molecular weight is 420 g/mol. The molecule has 2 fully saturated rings. The van der Waals surface area contributed by atoms with Gasteiger partial charge in [0.2, 0.25) is 0 Å². The number of hydrogen-bond acceptors (Lipinski definition) is 5. The topological polar surface area (TPSA) is 99.8 Å². The highest BCUT2D eigenvalue weighted by Gasteiger charge is 2.47. The number of imide groups is 1. The number of urea groups is 1. The molecule has 2 aliphatic heterocycles. The van der Waals surface area contributed by atoms with Crippen LogP contribution >= 0.6 is 0 Å². The van der Waals surface area contributed by atoms with Crippen LogP contribution in [0.1, 0.15) is 27.9 Å². The Balaban J connectivity index is 1.27. The minimum Gasteiger partial charge on any atom is -0.378 e. The van der Waals surface area contributed by atoms with Crippen LogP contribution in [0.4, 0.5) is 16.2 Å². The number of fused-ring (bicyclic) bond motifs is 1. The molecule has 3 aliphatic rings. The van der Waals surface area contributed by atoms with Crippen molar-refractivity contribution in [3.05, 3.63) is 59.2 Å². The molecule has 2 aromatic carbocycles. The van der Waals surface area contributed by atoms with E-state index in [2.05, 4.69) is 20.9 Å². The predicted octanol–water partition coefficient (Wildman–Crippen LogP) is 1.84. The summed E-state index contributed by atoms with van der Waals surface area (Å²) in [6.07, 6.45) is 1.58. The quantitative estimate of drug-likeness (QED) is 0.658. The van der Waals surface area contributed by atoms with E-state index in [1.54, 1.807) is 6.07 Å². The third kappa shape index (κ3) is 3.74. The number of nitrogens with zero attached hydrogens (tertiary/aromatic N) is 1. The maximum Gasteiger partial charge on any atom is 0.322 e. The van der Waals surface area contributed by atoms with E-state index in [1.807, 2.05) is 36.4 Å². The zero-order valence-electron chi connectivity index (χ0n) is 17.1. The van der Waals surface area contributed by atoms with E-state index in [0.29, 0.717) is 24.8 Å². The van der Waals surface area contributed by atoms with E-state index < -0.39 is 11.6 Å². The molecule has 8 nitrogen and oxygen atoms in total. The van der Waals surface area contributed by atoms with Crippen molar-refractivity contribution in [3.63, 3.8) is 0 Å². The Morgan fingerprint density at radius 1 is 1.03 bits per heavy atom. The lowest BCUT2D eigenvalue weighted by Crippen LogP contribution is -2.51. The first kappa shape index (κ1) is 19.6. The van der Waals surface area contributed by atoms with Crippen molar-refractivity contribution in [2.24, 2.45) is 0 Å². The summed E-state index contributed by atoms with van der Waals surface area (Å²) in [5.74, 6) is -0.445. The van der Waals surface area contributed by atoms with E-state index in [-0.39, 0.29) is 11.8 Å². The Labute approximate surface area is 179 Å². The van der Waals surface area contributed by atoms with E-state index in [0.717, 1.165) is 48.8 Å². The SMILES string of the molecule is O=C1NC(=O)C2(CCc3cc(C(=O)Nc4ccc(N5CCOCC5)cc4)ccc3C2)N1. The van der Waals surface area contributed by atoms with Crippen molar-refractivity contribution >= 4 is 29.2 Å². The van der Waals surface area contributed by atoms with Gasteiger partial charge >= 0.3 is 6.03 Å². The number of benzene rings is 2. The van der Waals surface area contributed by atoms with Crippen LogP contribution in [0.5, 0.6) is 0 Å². The molecular weight excluding hydrogens is 396 g/mol. The molecule has 0 saturated carbocycles.